The van der Waals surface area contributed by atoms with Crippen LogP contribution in [0.3, 0.4) is 0 Å². The summed E-state index contributed by atoms with van der Waals surface area (Å²) in [5.74, 6) is 0.690. The first-order chi connectivity index (χ1) is 11.5. The molecule has 0 radical (unpaired) electrons. The predicted octanol–water partition coefficient (Wildman–Crippen LogP) is 4.67. The number of benzene rings is 2. The van der Waals surface area contributed by atoms with Crippen molar-refractivity contribution in [3.8, 4) is 0 Å². The molecule has 0 aliphatic carbocycles. The van der Waals surface area contributed by atoms with Gasteiger partial charge in [-0.15, -0.1) is 11.8 Å². The smallest absolute Gasteiger partial charge is 0.221 e. The Labute approximate surface area is 146 Å². The van der Waals surface area contributed by atoms with Gasteiger partial charge in [0, 0.05) is 29.6 Å². The molecule has 1 aliphatic heterocycles. The van der Waals surface area contributed by atoms with Crippen LogP contribution >= 0.6 is 11.8 Å². The molecule has 5 heteroatoms. The minimum atomic E-state index is -0.135. The number of hydrogen-bond acceptors (Lipinski definition) is 3. The zero-order valence-electron chi connectivity index (χ0n) is 13.8. The lowest BCUT2D eigenvalue weighted by Gasteiger charge is -2.29. The van der Waals surface area contributed by atoms with Gasteiger partial charge in [-0.2, -0.15) is 0 Å². The van der Waals surface area contributed by atoms with E-state index in [4.69, 9.17) is 0 Å². The molecular weight excluding hydrogens is 323 g/mol. The fraction of sp³-hybridized carbons (Fsp3) is 0.316. The van der Waals surface area contributed by atoms with Crippen LogP contribution in [0, 0.1) is 5.82 Å². The second kappa shape index (κ2) is 7.36. The minimum Gasteiger partial charge on any atom is -0.326 e. The molecule has 1 aliphatic rings. The molecule has 0 aromatic heterocycles. The fourth-order valence-electron chi connectivity index (χ4n) is 3.05. The highest BCUT2D eigenvalue weighted by atomic mass is 32.2. The van der Waals surface area contributed by atoms with Crippen molar-refractivity contribution in [2.24, 2.45) is 0 Å². The molecule has 2 N–H and O–H groups in total. The van der Waals surface area contributed by atoms with E-state index in [1.54, 1.807) is 17.8 Å². The van der Waals surface area contributed by atoms with Gasteiger partial charge in [0.15, 0.2) is 0 Å². The maximum absolute atomic E-state index is 14.0. The van der Waals surface area contributed by atoms with Gasteiger partial charge in [-0.25, -0.2) is 4.39 Å². The van der Waals surface area contributed by atoms with Gasteiger partial charge in [-0.05, 0) is 48.4 Å². The second-order valence-corrected chi connectivity index (χ2v) is 7.15. The van der Waals surface area contributed by atoms with Crippen LogP contribution in [-0.2, 0) is 4.79 Å². The van der Waals surface area contributed by atoms with Gasteiger partial charge in [0.1, 0.15) is 5.82 Å². The van der Waals surface area contributed by atoms with E-state index >= 15 is 0 Å². The molecule has 3 rings (SSSR count). The Morgan fingerprint density at radius 1 is 1.29 bits per heavy atom. The Bertz CT molecular complexity index is 750. The van der Waals surface area contributed by atoms with Crippen molar-refractivity contribution in [2.75, 3.05) is 11.1 Å². The summed E-state index contributed by atoms with van der Waals surface area (Å²) < 4.78 is 14.0. The fourth-order valence-corrected chi connectivity index (χ4v) is 4.19. The third-order valence-electron chi connectivity index (χ3n) is 4.18. The van der Waals surface area contributed by atoms with E-state index in [0.717, 1.165) is 33.9 Å². The van der Waals surface area contributed by atoms with Crippen LogP contribution in [0.15, 0.2) is 47.4 Å². The Hall–Kier alpha value is -1.85. The summed E-state index contributed by atoms with van der Waals surface area (Å²) in [5.41, 5.74) is 2.92. The van der Waals surface area contributed by atoms with Crippen molar-refractivity contribution < 1.29 is 9.18 Å². The molecule has 2 aromatic rings. The molecule has 0 spiro atoms. The topological polar surface area (TPSA) is 41.1 Å². The summed E-state index contributed by atoms with van der Waals surface area (Å²) in [7, 11) is 0. The molecule has 3 nitrogen and oxygen atoms in total. The van der Waals surface area contributed by atoms with Crippen molar-refractivity contribution in [3.63, 3.8) is 0 Å². The average molecular weight is 344 g/mol. The normalized spacial score (nSPS) is 17.9. The summed E-state index contributed by atoms with van der Waals surface area (Å²) in [6.07, 6.45) is 0.969. The average Bonchev–Trinajstić information content (AvgIpc) is 2.55. The highest BCUT2D eigenvalue weighted by Crippen LogP contribution is 2.38. The molecular formula is C19H21FN2OS. The summed E-state index contributed by atoms with van der Waals surface area (Å²) in [6.45, 7) is 3.59. The molecule has 2 atom stereocenters. The Balaban J connectivity index is 1.78. The van der Waals surface area contributed by atoms with E-state index in [-0.39, 0.29) is 23.8 Å². The van der Waals surface area contributed by atoms with Crippen LogP contribution in [0.25, 0.3) is 0 Å². The number of nitrogens with one attached hydrogen (secondary N) is 2. The Morgan fingerprint density at radius 2 is 2.08 bits per heavy atom. The highest BCUT2D eigenvalue weighted by Gasteiger charge is 2.24. The van der Waals surface area contributed by atoms with Crippen LogP contribution < -0.4 is 10.6 Å². The van der Waals surface area contributed by atoms with Crippen LogP contribution in [0.2, 0.25) is 0 Å². The summed E-state index contributed by atoms with van der Waals surface area (Å²) in [5, 5.41) is 6.41. The first kappa shape index (κ1) is 17.0. The zero-order valence-corrected chi connectivity index (χ0v) is 14.6. The quantitative estimate of drug-likeness (QED) is 0.847. The first-order valence-electron chi connectivity index (χ1n) is 8.09. The number of halogens is 1. The largest absolute Gasteiger partial charge is 0.326 e. The minimum absolute atomic E-state index is 0.0820. The van der Waals surface area contributed by atoms with E-state index in [0.29, 0.717) is 0 Å². The number of carbonyl (C=O) groups excluding carboxylic acids is 1. The van der Waals surface area contributed by atoms with E-state index in [9.17, 15) is 9.18 Å². The number of fused-ring (bicyclic) bond motifs is 1. The van der Waals surface area contributed by atoms with Crippen molar-refractivity contribution in [3.05, 3.63) is 59.4 Å². The van der Waals surface area contributed by atoms with Crippen LogP contribution in [0.5, 0.6) is 0 Å². The summed E-state index contributed by atoms with van der Waals surface area (Å²) >= 11 is 1.59. The second-order valence-electron chi connectivity index (χ2n) is 6.04. The van der Waals surface area contributed by atoms with Gasteiger partial charge in [-0.1, -0.05) is 24.3 Å². The monoisotopic (exact) mass is 344 g/mol. The van der Waals surface area contributed by atoms with Gasteiger partial charge < -0.3 is 10.6 Å². The van der Waals surface area contributed by atoms with Gasteiger partial charge in [0.25, 0.3) is 0 Å². The Morgan fingerprint density at radius 3 is 2.88 bits per heavy atom. The Kier molecular flexibility index (Phi) is 5.21. The van der Waals surface area contributed by atoms with E-state index in [2.05, 4.69) is 17.6 Å². The SMILES string of the molecule is CC(=O)Nc1cccc(C(C)NC2CCSc3c(F)cccc32)c1. The van der Waals surface area contributed by atoms with Gasteiger partial charge >= 0.3 is 0 Å². The van der Waals surface area contributed by atoms with E-state index < -0.39 is 0 Å². The number of amides is 1. The molecule has 1 heterocycles. The van der Waals surface area contributed by atoms with E-state index in [1.165, 1.54) is 13.0 Å². The van der Waals surface area contributed by atoms with Crippen molar-refractivity contribution in [1.82, 2.24) is 5.32 Å². The number of rotatable bonds is 4. The van der Waals surface area contributed by atoms with Gasteiger partial charge in [0.05, 0.1) is 0 Å². The maximum atomic E-state index is 14.0. The van der Waals surface area contributed by atoms with Crippen molar-refractivity contribution in [2.45, 2.75) is 37.2 Å². The lowest BCUT2D eigenvalue weighted by molar-refractivity contribution is -0.114. The lowest BCUT2D eigenvalue weighted by Crippen LogP contribution is -2.27. The van der Waals surface area contributed by atoms with E-state index in [1.807, 2.05) is 30.3 Å². The molecule has 126 valence electrons. The third kappa shape index (κ3) is 3.79. The third-order valence-corrected chi connectivity index (χ3v) is 5.34. The molecule has 2 unspecified atom stereocenters. The predicted molar refractivity (Wildman–Crippen MR) is 96.8 cm³/mol. The van der Waals surface area contributed by atoms with Gasteiger partial charge in [0.2, 0.25) is 5.91 Å². The maximum Gasteiger partial charge on any atom is 0.221 e. The molecule has 0 saturated heterocycles. The molecule has 1 amide bonds. The number of thioether (sulfide) groups is 1. The number of carbonyl (C=O) groups is 1. The molecule has 0 bridgehead atoms. The summed E-state index contributed by atoms with van der Waals surface area (Å²) in [4.78, 5) is 12.0. The molecule has 0 fully saturated rings. The van der Waals surface area contributed by atoms with Crippen molar-refractivity contribution >= 4 is 23.4 Å². The highest BCUT2D eigenvalue weighted by molar-refractivity contribution is 7.99. The number of anilines is 1. The molecule has 24 heavy (non-hydrogen) atoms. The molecule has 0 saturated carbocycles. The van der Waals surface area contributed by atoms with Crippen LogP contribution in [-0.4, -0.2) is 11.7 Å². The zero-order chi connectivity index (χ0) is 17.1. The lowest BCUT2D eigenvalue weighted by atomic mass is 10.0. The summed E-state index contributed by atoms with van der Waals surface area (Å²) in [6, 6.07) is 13.4. The number of hydrogen-bond donors (Lipinski definition) is 2. The molecule has 2 aromatic carbocycles. The standard InChI is InChI=1S/C19H21FN2OS/c1-12(14-5-3-6-15(11-14)22-13(2)23)21-18-9-10-24-19-16(18)7-4-8-17(19)20/h3-8,11-12,18,21H,9-10H2,1-2H3,(H,22,23). The van der Waals surface area contributed by atoms with Crippen LogP contribution in [0.1, 0.15) is 43.5 Å². The van der Waals surface area contributed by atoms with Crippen LogP contribution in [0.4, 0.5) is 10.1 Å². The first-order valence-corrected chi connectivity index (χ1v) is 9.08. The van der Waals surface area contributed by atoms with Crippen molar-refractivity contribution in [1.29, 1.82) is 0 Å². The van der Waals surface area contributed by atoms with Gasteiger partial charge in [-0.3, -0.25) is 4.79 Å².